The minimum absolute atomic E-state index is 0.0835. The molecule has 5 heteroatoms. The maximum atomic E-state index is 12.2. The highest BCUT2D eigenvalue weighted by Crippen LogP contribution is 2.14. The second-order valence-corrected chi connectivity index (χ2v) is 4.94. The maximum Gasteiger partial charge on any atom is 0.219 e. The first-order valence-electron chi connectivity index (χ1n) is 6.75. The Hall–Kier alpha value is -1.88. The summed E-state index contributed by atoms with van der Waals surface area (Å²) in [6.45, 7) is 4.85. The van der Waals surface area contributed by atoms with Crippen LogP contribution in [0.4, 0.5) is 0 Å². The molecule has 2 rings (SSSR count). The maximum absolute atomic E-state index is 12.2. The second kappa shape index (κ2) is 6.52. The van der Waals surface area contributed by atoms with Crippen LogP contribution in [0.15, 0.2) is 24.3 Å². The van der Waals surface area contributed by atoms with Crippen LogP contribution < -0.4 is 4.74 Å². The molecule has 0 saturated carbocycles. The van der Waals surface area contributed by atoms with Crippen molar-refractivity contribution < 1.29 is 14.3 Å². The van der Waals surface area contributed by atoms with Crippen molar-refractivity contribution in [3.63, 3.8) is 0 Å². The Labute approximate surface area is 119 Å². The van der Waals surface area contributed by atoms with Gasteiger partial charge < -0.3 is 9.64 Å². The number of nitrogens with zero attached hydrogens (tertiary/aromatic N) is 2. The molecule has 0 bridgehead atoms. The number of rotatable bonds is 4. The van der Waals surface area contributed by atoms with Crippen molar-refractivity contribution in [1.82, 2.24) is 9.80 Å². The van der Waals surface area contributed by atoms with Gasteiger partial charge in [-0.05, 0) is 12.1 Å². The number of methoxy groups -OCH3 is 1. The first-order valence-corrected chi connectivity index (χ1v) is 6.75. The van der Waals surface area contributed by atoms with E-state index in [4.69, 9.17) is 4.74 Å². The van der Waals surface area contributed by atoms with Crippen molar-refractivity contribution in [2.24, 2.45) is 0 Å². The lowest BCUT2D eigenvalue weighted by Gasteiger charge is -2.33. The van der Waals surface area contributed by atoms with Crippen LogP contribution in [0.25, 0.3) is 0 Å². The molecule has 0 spiro atoms. The van der Waals surface area contributed by atoms with Gasteiger partial charge in [0.05, 0.1) is 13.7 Å². The lowest BCUT2D eigenvalue weighted by molar-refractivity contribution is -0.130. The van der Waals surface area contributed by atoms with Gasteiger partial charge in [-0.25, -0.2) is 0 Å². The highest BCUT2D eigenvalue weighted by atomic mass is 16.5. The van der Waals surface area contributed by atoms with E-state index in [1.54, 1.807) is 26.2 Å². The van der Waals surface area contributed by atoms with Gasteiger partial charge in [0.15, 0.2) is 5.78 Å². The molecule has 0 unspecified atom stereocenters. The third-order valence-electron chi connectivity index (χ3n) is 3.58. The third-order valence-corrected chi connectivity index (χ3v) is 3.58. The summed E-state index contributed by atoms with van der Waals surface area (Å²) in [5, 5.41) is 0. The SMILES string of the molecule is COc1cccc(C(=O)CN2CCN(C(C)=O)CC2)c1. The van der Waals surface area contributed by atoms with Gasteiger partial charge in [-0.2, -0.15) is 0 Å². The minimum Gasteiger partial charge on any atom is -0.497 e. The lowest BCUT2D eigenvalue weighted by atomic mass is 10.1. The zero-order valence-corrected chi connectivity index (χ0v) is 12.0. The molecule has 1 heterocycles. The standard InChI is InChI=1S/C15H20N2O3/c1-12(18)17-8-6-16(7-9-17)11-15(19)13-4-3-5-14(10-13)20-2/h3-5,10H,6-9,11H2,1-2H3. The minimum atomic E-state index is 0.0835. The van der Waals surface area contributed by atoms with E-state index in [-0.39, 0.29) is 11.7 Å². The van der Waals surface area contributed by atoms with Crippen LogP contribution in [0, 0.1) is 0 Å². The molecule has 5 nitrogen and oxygen atoms in total. The van der Waals surface area contributed by atoms with Gasteiger partial charge in [-0.3, -0.25) is 14.5 Å². The van der Waals surface area contributed by atoms with Crippen LogP contribution in [0.3, 0.4) is 0 Å². The Morgan fingerprint density at radius 1 is 1.20 bits per heavy atom. The smallest absolute Gasteiger partial charge is 0.219 e. The fourth-order valence-electron chi connectivity index (χ4n) is 2.31. The summed E-state index contributed by atoms with van der Waals surface area (Å²) >= 11 is 0. The lowest BCUT2D eigenvalue weighted by Crippen LogP contribution is -2.49. The van der Waals surface area contributed by atoms with Gasteiger partial charge in [-0.15, -0.1) is 0 Å². The first kappa shape index (κ1) is 14.5. The molecule has 1 saturated heterocycles. The summed E-state index contributed by atoms with van der Waals surface area (Å²) in [7, 11) is 1.59. The number of carbonyl (C=O) groups excluding carboxylic acids is 2. The van der Waals surface area contributed by atoms with Gasteiger partial charge >= 0.3 is 0 Å². The molecule has 108 valence electrons. The van der Waals surface area contributed by atoms with Crippen LogP contribution in [-0.2, 0) is 4.79 Å². The van der Waals surface area contributed by atoms with Crippen molar-refractivity contribution >= 4 is 11.7 Å². The zero-order valence-electron chi connectivity index (χ0n) is 12.0. The molecule has 0 aromatic heterocycles. The number of Topliss-reactive ketones (excluding diaryl/α,β-unsaturated/α-hetero) is 1. The Balaban J connectivity index is 1.90. The number of carbonyl (C=O) groups is 2. The molecule has 1 aromatic rings. The van der Waals surface area contributed by atoms with Crippen LogP contribution in [-0.4, -0.2) is 61.3 Å². The van der Waals surface area contributed by atoms with Gasteiger partial charge in [0.25, 0.3) is 0 Å². The number of amides is 1. The Morgan fingerprint density at radius 3 is 2.50 bits per heavy atom. The van der Waals surface area contributed by atoms with E-state index in [0.717, 1.165) is 13.1 Å². The van der Waals surface area contributed by atoms with E-state index in [1.165, 1.54) is 0 Å². The molecule has 0 N–H and O–H groups in total. The number of piperazine rings is 1. The fraction of sp³-hybridized carbons (Fsp3) is 0.467. The molecule has 0 radical (unpaired) electrons. The third kappa shape index (κ3) is 3.57. The van der Waals surface area contributed by atoms with Crippen LogP contribution in [0.2, 0.25) is 0 Å². The second-order valence-electron chi connectivity index (χ2n) is 4.94. The molecular weight excluding hydrogens is 256 g/mol. The van der Waals surface area contributed by atoms with Crippen LogP contribution in [0.5, 0.6) is 5.75 Å². The average molecular weight is 276 g/mol. The van der Waals surface area contributed by atoms with E-state index >= 15 is 0 Å². The average Bonchev–Trinajstić information content (AvgIpc) is 2.47. The van der Waals surface area contributed by atoms with Gasteiger partial charge in [0, 0.05) is 38.7 Å². The Kier molecular flexibility index (Phi) is 4.74. The summed E-state index contributed by atoms with van der Waals surface area (Å²) in [4.78, 5) is 27.4. The summed E-state index contributed by atoms with van der Waals surface area (Å²) in [6.07, 6.45) is 0. The zero-order chi connectivity index (χ0) is 14.5. The van der Waals surface area contributed by atoms with Crippen molar-refractivity contribution in [2.45, 2.75) is 6.92 Å². The highest BCUT2D eigenvalue weighted by Gasteiger charge is 2.20. The summed E-state index contributed by atoms with van der Waals surface area (Å²) in [6, 6.07) is 7.20. The monoisotopic (exact) mass is 276 g/mol. The number of ketones is 1. The molecular formula is C15H20N2O3. The van der Waals surface area contributed by atoms with Gasteiger partial charge in [0.1, 0.15) is 5.75 Å². The molecule has 1 amide bonds. The van der Waals surface area contributed by atoms with Crippen LogP contribution in [0.1, 0.15) is 17.3 Å². The molecule has 1 aliphatic rings. The van der Waals surface area contributed by atoms with E-state index in [1.807, 2.05) is 17.0 Å². The topological polar surface area (TPSA) is 49.9 Å². The van der Waals surface area contributed by atoms with Crippen LogP contribution >= 0.6 is 0 Å². The number of hydrogen-bond acceptors (Lipinski definition) is 4. The normalized spacial score (nSPS) is 16.0. The quantitative estimate of drug-likeness (QED) is 0.771. The summed E-state index contributed by atoms with van der Waals surface area (Å²) in [5.74, 6) is 0.876. The summed E-state index contributed by atoms with van der Waals surface area (Å²) < 4.78 is 5.13. The molecule has 1 fully saturated rings. The number of hydrogen-bond donors (Lipinski definition) is 0. The fourth-order valence-corrected chi connectivity index (χ4v) is 2.31. The molecule has 20 heavy (non-hydrogen) atoms. The largest absolute Gasteiger partial charge is 0.497 e. The molecule has 0 atom stereocenters. The van der Waals surface area contributed by atoms with Crippen molar-refractivity contribution in [2.75, 3.05) is 39.8 Å². The van der Waals surface area contributed by atoms with E-state index in [0.29, 0.717) is 30.9 Å². The summed E-state index contributed by atoms with van der Waals surface area (Å²) in [5.41, 5.74) is 0.665. The van der Waals surface area contributed by atoms with E-state index in [2.05, 4.69) is 4.90 Å². The first-order chi connectivity index (χ1) is 9.60. The molecule has 1 aromatic carbocycles. The predicted octanol–water partition coefficient (Wildman–Crippen LogP) is 1.04. The Bertz CT molecular complexity index is 494. The molecule has 1 aliphatic heterocycles. The number of benzene rings is 1. The predicted molar refractivity (Wildman–Crippen MR) is 76.0 cm³/mol. The van der Waals surface area contributed by atoms with Crippen molar-refractivity contribution in [3.05, 3.63) is 29.8 Å². The molecule has 0 aliphatic carbocycles. The number of ether oxygens (including phenoxy) is 1. The van der Waals surface area contributed by atoms with E-state index in [9.17, 15) is 9.59 Å². The highest BCUT2D eigenvalue weighted by molar-refractivity contribution is 5.98. The van der Waals surface area contributed by atoms with Crippen molar-refractivity contribution in [3.8, 4) is 5.75 Å². The van der Waals surface area contributed by atoms with Crippen molar-refractivity contribution in [1.29, 1.82) is 0 Å². The van der Waals surface area contributed by atoms with Gasteiger partial charge in [-0.1, -0.05) is 12.1 Å². The van der Waals surface area contributed by atoms with E-state index < -0.39 is 0 Å². The van der Waals surface area contributed by atoms with Gasteiger partial charge in [0.2, 0.25) is 5.91 Å². The Morgan fingerprint density at radius 2 is 1.90 bits per heavy atom.